The number of thiol groups is 1. The minimum Gasteiger partial charge on any atom is -0.306 e. The van der Waals surface area contributed by atoms with Crippen LogP contribution in [0.5, 0.6) is 0 Å². The van der Waals surface area contributed by atoms with Gasteiger partial charge in [-0.3, -0.25) is 24.6 Å². The van der Waals surface area contributed by atoms with Gasteiger partial charge in [-0.05, 0) is 31.5 Å². The fourth-order valence-corrected chi connectivity index (χ4v) is 5.22. The van der Waals surface area contributed by atoms with Crippen molar-refractivity contribution in [2.45, 2.75) is 31.8 Å². The molecule has 4 rings (SSSR count). The molecule has 32 heavy (non-hydrogen) atoms. The van der Waals surface area contributed by atoms with Crippen LogP contribution in [0.4, 0.5) is 11.4 Å². The fraction of sp³-hybridized carbons (Fsp3) is 0.320. The Morgan fingerprint density at radius 2 is 1.94 bits per heavy atom. The summed E-state index contributed by atoms with van der Waals surface area (Å²) in [6.07, 6.45) is 1.95. The molecule has 6 nitrogen and oxygen atoms in total. The van der Waals surface area contributed by atoms with Gasteiger partial charge in [0.1, 0.15) is 5.54 Å². The summed E-state index contributed by atoms with van der Waals surface area (Å²) in [4.78, 5) is 42.7. The van der Waals surface area contributed by atoms with E-state index in [0.717, 1.165) is 16.8 Å². The average Bonchev–Trinajstić information content (AvgIpc) is 3.28. The summed E-state index contributed by atoms with van der Waals surface area (Å²) in [6, 6.07) is 14.5. The van der Waals surface area contributed by atoms with E-state index in [1.807, 2.05) is 43.3 Å². The van der Waals surface area contributed by atoms with Crippen molar-refractivity contribution in [2.24, 2.45) is 5.92 Å². The monoisotopic (exact) mass is 449 g/mol. The van der Waals surface area contributed by atoms with Crippen LogP contribution >= 0.6 is 12.6 Å². The van der Waals surface area contributed by atoms with E-state index in [4.69, 9.17) is 0 Å². The first-order valence-electron chi connectivity index (χ1n) is 10.7. The van der Waals surface area contributed by atoms with Crippen LogP contribution < -0.4 is 15.1 Å². The van der Waals surface area contributed by atoms with Gasteiger partial charge < -0.3 is 4.90 Å². The summed E-state index contributed by atoms with van der Waals surface area (Å²) in [5.74, 6) is -1.01. The van der Waals surface area contributed by atoms with E-state index in [-0.39, 0.29) is 30.2 Å². The molecule has 2 aliphatic rings. The topological polar surface area (TPSA) is 69.7 Å². The molecule has 0 radical (unpaired) electrons. The molecule has 1 saturated heterocycles. The van der Waals surface area contributed by atoms with E-state index in [1.54, 1.807) is 23.1 Å². The van der Waals surface area contributed by atoms with Gasteiger partial charge in [0.25, 0.3) is 5.91 Å². The van der Waals surface area contributed by atoms with E-state index in [2.05, 4.69) is 24.5 Å². The number of amides is 3. The molecule has 2 aromatic carbocycles. The van der Waals surface area contributed by atoms with Crippen LogP contribution in [0.15, 0.2) is 61.2 Å². The molecule has 7 heteroatoms. The first-order valence-corrected chi connectivity index (χ1v) is 11.3. The summed E-state index contributed by atoms with van der Waals surface area (Å²) in [5, 5.41) is 3.44. The lowest BCUT2D eigenvalue weighted by Crippen LogP contribution is -2.49. The molecule has 1 spiro atoms. The van der Waals surface area contributed by atoms with Crippen LogP contribution in [0.3, 0.4) is 0 Å². The molecule has 0 aliphatic carbocycles. The van der Waals surface area contributed by atoms with Gasteiger partial charge in [0.05, 0.1) is 11.6 Å². The molecule has 2 aliphatic heterocycles. The third-order valence-corrected chi connectivity index (χ3v) is 6.75. The van der Waals surface area contributed by atoms with E-state index < -0.39 is 11.5 Å². The Morgan fingerprint density at radius 3 is 2.56 bits per heavy atom. The minimum absolute atomic E-state index is 0.106. The highest BCUT2D eigenvalue weighted by atomic mass is 32.1. The molecule has 166 valence electrons. The third-order valence-electron chi connectivity index (χ3n) is 6.36. The number of hydrogen-bond acceptors (Lipinski definition) is 5. The predicted octanol–water partition coefficient (Wildman–Crippen LogP) is 3.21. The van der Waals surface area contributed by atoms with Crippen molar-refractivity contribution in [3.8, 4) is 0 Å². The quantitative estimate of drug-likeness (QED) is 0.543. The van der Waals surface area contributed by atoms with Crippen molar-refractivity contribution < 1.29 is 14.4 Å². The number of fused-ring (bicyclic) bond motifs is 2. The number of hydrogen-bond donors (Lipinski definition) is 2. The van der Waals surface area contributed by atoms with Crippen LogP contribution in [0, 0.1) is 12.8 Å². The molecule has 1 fully saturated rings. The second-order valence-corrected chi connectivity index (χ2v) is 8.76. The Labute approximate surface area is 193 Å². The molecule has 1 N–H and O–H groups in total. The highest BCUT2D eigenvalue weighted by Gasteiger charge is 2.59. The molecule has 0 bridgehead atoms. The summed E-state index contributed by atoms with van der Waals surface area (Å²) >= 11 is 4.47. The number of aryl methyl sites for hydroxylation is 1. The largest absolute Gasteiger partial charge is 0.306 e. The van der Waals surface area contributed by atoms with Crippen molar-refractivity contribution in [1.82, 2.24) is 5.32 Å². The number of nitrogens with zero attached hydrogens (tertiary/aromatic N) is 2. The zero-order valence-corrected chi connectivity index (χ0v) is 19.1. The number of para-hydroxylation sites is 1. The lowest BCUT2D eigenvalue weighted by Gasteiger charge is -2.25. The molecule has 3 unspecified atom stereocenters. The third kappa shape index (κ3) is 3.45. The van der Waals surface area contributed by atoms with Gasteiger partial charge in [-0.25, -0.2) is 0 Å². The van der Waals surface area contributed by atoms with Crippen molar-refractivity contribution >= 4 is 41.7 Å². The number of carbonyl (C=O) groups is 3. The normalized spacial score (nSPS) is 24.0. The maximum absolute atomic E-state index is 13.7. The van der Waals surface area contributed by atoms with Crippen molar-refractivity contribution in [2.75, 3.05) is 22.1 Å². The number of benzene rings is 2. The van der Waals surface area contributed by atoms with Gasteiger partial charge in [-0.1, -0.05) is 42.0 Å². The van der Waals surface area contributed by atoms with Crippen LogP contribution in [0.2, 0.25) is 0 Å². The first kappa shape index (κ1) is 22.3. The molecule has 3 amide bonds. The molecule has 2 heterocycles. The van der Waals surface area contributed by atoms with E-state index >= 15 is 0 Å². The number of anilines is 2. The molecule has 0 aromatic heterocycles. The standard InChI is InChI=1S/C25H27N3O3S/c1-4-13-27-22-8-6-5-7-20(22)25(24(27)31)14-19(21(15-32)26-25)23(30)28(17(3)29)18-11-9-16(2)10-12-18/h4-12,19,21,26,32H,1,13-15H2,2-3H3. The van der Waals surface area contributed by atoms with Crippen molar-refractivity contribution in [3.05, 3.63) is 72.3 Å². The summed E-state index contributed by atoms with van der Waals surface area (Å²) in [5.41, 5.74) is 2.20. The Bertz CT molecular complexity index is 1080. The van der Waals surface area contributed by atoms with Crippen molar-refractivity contribution in [3.63, 3.8) is 0 Å². The Morgan fingerprint density at radius 1 is 1.25 bits per heavy atom. The summed E-state index contributed by atoms with van der Waals surface area (Å²) in [7, 11) is 0. The highest BCUT2D eigenvalue weighted by Crippen LogP contribution is 2.48. The van der Waals surface area contributed by atoms with E-state index in [0.29, 0.717) is 18.0 Å². The number of rotatable bonds is 5. The SMILES string of the molecule is C=CCN1C(=O)C2(CC(C(=O)N(C(C)=O)c3ccc(C)cc3)C(CS)N2)c2ccccc21. The number of imide groups is 1. The van der Waals surface area contributed by atoms with Gasteiger partial charge in [-0.2, -0.15) is 12.6 Å². The van der Waals surface area contributed by atoms with Gasteiger partial charge in [0.2, 0.25) is 11.8 Å². The van der Waals surface area contributed by atoms with Crippen LogP contribution in [-0.2, 0) is 19.9 Å². The van der Waals surface area contributed by atoms with Gasteiger partial charge in [0.15, 0.2) is 0 Å². The lowest BCUT2D eigenvalue weighted by molar-refractivity contribution is -0.128. The van der Waals surface area contributed by atoms with Gasteiger partial charge in [0, 0.05) is 36.5 Å². The fourth-order valence-electron chi connectivity index (χ4n) is 4.88. The maximum Gasteiger partial charge on any atom is 0.252 e. The smallest absolute Gasteiger partial charge is 0.252 e. The minimum atomic E-state index is -1.02. The van der Waals surface area contributed by atoms with E-state index in [9.17, 15) is 14.4 Å². The summed E-state index contributed by atoms with van der Waals surface area (Å²) < 4.78 is 0. The second kappa shape index (κ2) is 8.56. The average molecular weight is 450 g/mol. The second-order valence-electron chi connectivity index (χ2n) is 8.40. The maximum atomic E-state index is 13.7. The Balaban J connectivity index is 1.73. The zero-order valence-electron chi connectivity index (χ0n) is 18.2. The molecule has 3 atom stereocenters. The van der Waals surface area contributed by atoms with Crippen molar-refractivity contribution in [1.29, 1.82) is 0 Å². The molecular weight excluding hydrogens is 422 g/mol. The van der Waals surface area contributed by atoms with Gasteiger partial charge >= 0.3 is 0 Å². The molecule has 0 saturated carbocycles. The zero-order chi connectivity index (χ0) is 23.0. The Kier molecular flexibility index (Phi) is 5.97. The summed E-state index contributed by atoms with van der Waals surface area (Å²) in [6.45, 7) is 7.49. The molecule has 2 aromatic rings. The van der Waals surface area contributed by atoms with Gasteiger partial charge in [-0.15, -0.1) is 6.58 Å². The van der Waals surface area contributed by atoms with E-state index in [1.165, 1.54) is 11.8 Å². The molecular formula is C25H27N3O3S. The predicted molar refractivity (Wildman–Crippen MR) is 129 cm³/mol. The van der Waals surface area contributed by atoms with Crippen LogP contribution in [0.25, 0.3) is 0 Å². The Hall–Kier alpha value is -2.90. The lowest BCUT2D eigenvalue weighted by atomic mass is 9.85. The highest BCUT2D eigenvalue weighted by molar-refractivity contribution is 7.80. The number of carbonyl (C=O) groups excluding carboxylic acids is 3. The number of nitrogens with one attached hydrogen (secondary N) is 1. The first-order chi connectivity index (χ1) is 15.3. The van der Waals surface area contributed by atoms with Crippen LogP contribution in [-0.4, -0.2) is 36.1 Å². The van der Waals surface area contributed by atoms with Crippen LogP contribution in [0.1, 0.15) is 24.5 Å².